The van der Waals surface area contributed by atoms with Crippen molar-refractivity contribution < 1.29 is 13.7 Å². The summed E-state index contributed by atoms with van der Waals surface area (Å²) in [5, 5.41) is 7.18. The Kier molecular flexibility index (Phi) is 5.47. The van der Waals surface area contributed by atoms with E-state index in [1.165, 1.54) is 12.1 Å². The number of nitrogens with zero attached hydrogens (tertiary/aromatic N) is 3. The third-order valence-corrected chi connectivity index (χ3v) is 4.23. The van der Waals surface area contributed by atoms with Crippen LogP contribution in [0.15, 0.2) is 71.4 Å². The summed E-state index contributed by atoms with van der Waals surface area (Å²) in [5.74, 6) is 1.90. The number of ether oxygens (including phenoxy) is 1. The van der Waals surface area contributed by atoms with E-state index < -0.39 is 0 Å². The molecule has 0 bridgehead atoms. The van der Waals surface area contributed by atoms with E-state index in [-0.39, 0.29) is 5.82 Å². The van der Waals surface area contributed by atoms with Gasteiger partial charge in [0.2, 0.25) is 5.82 Å². The van der Waals surface area contributed by atoms with Gasteiger partial charge in [-0.05, 0) is 48.9 Å². The van der Waals surface area contributed by atoms with Crippen molar-refractivity contribution in [1.29, 1.82) is 0 Å². The van der Waals surface area contributed by atoms with Crippen molar-refractivity contribution in [2.75, 3.05) is 11.9 Å². The monoisotopic (exact) mass is 390 g/mol. The van der Waals surface area contributed by atoms with Gasteiger partial charge in [-0.25, -0.2) is 9.37 Å². The van der Waals surface area contributed by atoms with Gasteiger partial charge in [0.05, 0.1) is 12.2 Å². The molecule has 146 valence electrons. The molecule has 29 heavy (non-hydrogen) atoms. The summed E-state index contributed by atoms with van der Waals surface area (Å²) in [7, 11) is 0. The number of nitrogens with one attached hydrogen (secondary N) is 1. The molecule has 0 radical (unpaired) electrons. The Hall–Kier alpha value is -3.74. The largest absolute Gasteiger partial charge is 0.494 e. The van der Waals surface area contributed by atoms with E-state index in [1.54, 1.807) is 18.3 Å². The first-order valence-electron chi connectivity index (χ1n) is 9.23. The number of hydrogen-bond donors (Lipinski definition) is 1. The fraction of sp³-hybridized carbons (Fsp3) is 0.136. The lowest BCUT2D eigenvalue weighted by molar-refractivity contribution is 0.340. The maximum Gasteiger partial charge on any atom is 0.259 e. The van der Waals surface area contributed by atoms with Crippen molar-refractivity contribution in [2.24, 2.45) is 0 Å². The zero-order valence-corrected chi connectivity index (χ0v) is 15.8. The van der Waals surface area contributed by atoms with Gasteiger partial charge in [0.1, 0.15) is 17.4 Å². The Balaban J connectivity index is 1.40. The van der Waals surface area contributed by atoms with Crippen molar-refractivity contribution >= 4 is 5.82 Å². The molecular formula is C22H19FN4O2. The quantitative estimate of drug-likeness (QED) is 0.481. The van der Waals surface area contributed by atoms with Crippen LogP contribution in [0, 0.1) is 5.82 Å². The van der Waals surface area contributed by atoms with Crippen molar-refractivity contribution in [1.82, 2.24) is 15.1 Å². The number of hydrogen-bond acceptors (Lipinski definition) is 6. The third kappa shape index (κ3) is 4.57. The summed E-state index contributed by atoms with van der Waals surface area (Å²) >= 11 is 0. The predicted octanol–water partition coefficient (Wildman–Crippen LogP) is 4.95. The molecule has 7 heteroatoms. The number of aromatic nitrogens is 3. The van der Waals surface area contributed by atoms with Crippen LogP contribution in [0.3, 0.4) is 0 Å². The molecule has 6 nitrogen and oxygen atoms in total. The highest BCUT2D eigenvalue weighted by atomic mass is 19.1. The van der Waals surface area contributed by atoms with Crippen LogP contribution in [0.1, 0.15) is 12.5 Å². The highest BCUT2D eigenvalue weighted by molar-refractivity contribution is 5.60. The topological polar surface area (TPSA) is 73.1 Å². The summed E-state index contributed by atoms with van der Waals surface area (Å²) < 4.78 is 24.1. The minimum Gasteiger partial charge on any atom is -0.494 e. The molecule has 2 aromatic heterocycles. The second-order valence-electron chi connectivity index (χ2n) is 6.30. The van der Waals surface area contributed by atoms with Gasteiger partial charge in [-0.3, -0.25) is 0 Å². The molecule has 4 rings (SSSR count). The van der Waals surface area contributed by atoms with Gasteiger partial charge < -0.3 is 14.6 Å². The van der Waals surface area contributed by atoms with Crippen LogP contribution >= 0.6 is 0 Å². The fourth-order valence-electron chi connectivity index (χ4n) is 2.77. The molecule has 0 aliphatic rings. The van der Waals surface area contributed by atoms with Crippen molar-refractivity contribution in [2.45, 2.75) is 13.5 Å². The van der Waals surface area contributed by atoms with Crippen molar-refractivity contribution in [3.63, 3.8) is 0 Å². The number of benzene rings is 2. The molecule has 0 amide bonds. The van der Waals surface area contributed by atoms with Gasteiger partial charge in [-0.1, -0.05) is 29.4 Å². The van der Waals surface area contributed by atoms with E-state index in [2.05, 4.69) is 20.4 Å². The summed E-state index contributed by atoms with van der Waals surface area (Å²) in [6.45, 7) is 3.25. The van der Waals surface area contributed by atoms with Crippen molar-refractivity contribution in [3.8, 4) is 28.6 Å². The number of halogens is 1. The first kappa shape index (κ1) is 18.6. The molecule has 4 aromatic rings. The molecule has 0 saturated heterocycles. The number of rotatable bonds is 7. The van der Waals surface area contributed by atoms with E-state index in [4.69, 9.17) is 9.26 Å². The highest BCUT2D eigenvalue weighted by Crippen LogP contribution is 2.23. The Labute approximate surface area is 167 Å². The van der Waals surface area contributed by atoms with Gasteiger partial charge in [0.25, 0.3) is 5.89 Å². The molecule has 0 aliphatic carbocycles. The molecule has 0 unspecified atom stereocenters. The van der Waals surface area contributed by atoms with Crippen LogP contribution in [-0.2, 0) is 6.54 Å². The van der Waals surface area contributed by atoms with E-state index in [0.717, 1.165) is 17.1 Å². The molecule has 0 fully saturated rings. The molecular weight excluding hydrogens is 371 g/mol. The summed E-state index contributed by atoms with van der Waals surface area (Å²) in [4.78, 5) is 8.71. The molecule has 1 N–H and O–H groups in total. The van der Waals surface area contributed by atoms with Crippen LogP contribution in [0.5, 0.6) is 5.75 Å². The molecule has 0 atom stereocenters. The molecule has 2 aromatic carbocycles. The van der Waals surface area contributed by atoms with Gasteiger partial charge in [0.15, 0.2) is 0 Å². The molecule has 0 spiro atoms. The van der Waals surface area contributed by atoms with Gasteiger partial charge >= 0.3 is 0 Å². The zero-order valence-electron chi connectivity index (χ0n) is 15.8. The number of anilines is 1. The lowest BCUT2D eigenvalue weighted by Crippen LogP contribution is -2.01. The average Bonchev–Trinajstić information content (AvgIpc) is 3.24. The summed E-state index contributed by atoms with van der Waals surface area (Å²) in [6, 6.07) is 17.7. The van der Waals surface area contributed by atoms with E-state index >= 15 is 0 Å². The smallest absolute Gasteiger partial charge is 0.259 e. The Bertz CT molecular complexity index is 1080. The second-order valence-corrected chi connectivity index (χ2v) is 6.30. The fourth-order valence-corrected chi connectivity index (χ4v) is 2.77. The number of pyridine rings is 1. The minimum absolute atomic E-state index is 0.329. The van der Waals surface area contributed by atoms with Crippen LogP contribution in [-0.4, -0.2) is 21.7 Å². The van der Waals surface area contributed by atoms with E-state index in [9.17, 15) is 4.39 Å². The Morgan fingerprint density at radius 2 is 1.90 bits per heavy atom. The first-order chi connectivity index (χ1) is 14.2. The van der Waals surface area contributed by atoms with Crippen LogP contribution in [0.4, 0.5) is 10.2 Å². The zero-order chi connectivity index (χ0) is 20.1. The summed E-state index contributed by atoms with van der Waals surface area (Å²) in [5.41, 5.74) is 2.37. The van der Waals surface area contributed by atoms with E-state index in [1.807, 2.05) is 43.3 Å². The van der Waals surface area contributed by atoms with E-state index in [0.29, 0.717) is 36.0 Å². The second kappa shape index (κ2) is 8.52. The summed E-state index contributed by atoms with van der Waals surface area (Å²) in [6.07, 6.45) is 1.66. The average molecular weight is 390 g/mol. The highest BCUT2D eigenvalue weighted by Gasteiger charge is 2.11. The maximum absolute atomic E-state index is 13.4. The lowest BCUT2D eigenvalue weighted by atomic mass is 10.2. The van der Waals surface area contributed by atoms with Crippen LogP contribution in [0.2, 0.25) is 0 Å². The minimum atomic E-state index is -0.349. The first-order valence-corrected chi connectivity index (χ1v) is 9.23. The van der Waals surface area contributed by atoms with Crippen LogP contribution in [0.25, 0.3) is 22.8 Å². The lowest BCUT2D eigenvalue weighted by Gasteiger charge is -2.07. The maximum atomic E-state index is 13.4. The van der Waals surface area contributed by atoms with Gasteiger partial charge in [0, 0.05) is 18.3 Å². The van der Waals surface area contributed by atoms with Gasteiger partial charge in [-0.15, -0.1) is 0 Å². The molecule has 0 aliphatic heterocycles. The SMILES string of the molecule is CCOc1ccc(CNc2ccc(-c3nc(-c4cccc(F)c4)no3)cn2)cc1. The Morgan fingerprint density at radius 1 is 1.03 bits per heavy atom. The van der Waals surface area contributed by atoms with Crippen LogP contribution < -0.4 is 10.1 Å². The Morgan fingerprint density at radius 3 is 2.62 bits per heavy atom. The predicted molar refractivity (Wildman–Crippen MR) is 108 cm³/mol. The standard InChI is InChI=1S/C22H19FN4O2/c1-2-28-19-9-6-15(7-10-19)13-24-20-11-8-17(14-25-20)22-26-21(27-29-22)16-4-3-5-18(23)12-16/h3-12,14H,2,13H2,1H3,(H,24,25). The molecule has 2 heterocycles. The van der Waals surface area contributed by atoms with Gasteiger partial charge in [-0.2, -0.15) is 4.98 Å². The van der Waals surface area contributed by atoms with Crippen molar-refractivity contribution in [3.05, 3.63) is 78.2 Å². The molecule has 0 saturated carbocycles. The normalized spacial score (nSPS) is 10.7. The third-order valence-electron chi connectivity index (χ3n) is 4.23.